The SMILES string of the molecule is COC(=O)c1ccc(C)c(C(O)C(O)CCNC(C)=O)c1. The van der Waals surface area contributed by atoms with Gasteiger partial charge >= 0.3 is 5.97 Å². The number of carbonyl (C=O) groups is 2. The fourth-order valence-electron chi connectivity index (χ4n) is 1.97. The Kier molecular flexibility index (Phi) is 6.33. The van der Waals surface area contributed by atoms with Crippen molar-refractivity contribution in [1.82, 2.24) is 5.32 Å². The Balaban J connectivity index is 2.82. The molecular weight excluding hydrogens is 274 g/mol. The second-order valence-electron chi connectivity index (χ2n) is 4.85. The molecule has 2 unspecified atom stereocenters. The summed E-state index contributed by atoms with van der Waals surface area (Å²) >= 11 is 0. The molecular formula is C15H21NO5. The molecule has 0 aliphatic rings. The Morgan fingerprint density at radius 3 is 2.57 bits per heavy atom. The van der Waals surface area contributed by atoms with E-state index in [-0.39, 0.29) is 18.9 Å². The Hall–Kier alpha value is -1.92. The van der Waals surface area contributed by atoms with Crippen LogP contribution < -0.4 is 5.32 Å². The van der Waals surface area contributed by atoms with Gasteiger partial charge in [-0.3, -0.25) is 4.79 Å². The van der Waals surface area contributed by atoms with E-state index in [0.717, 1.165) is 5.56 Å². The molecule has 0 spiro atoms. The molecule has 6 nitrogen and oxygen atoms in total. The second kappa shape index (κ2) is 7.75. The molecule has 0 aliphatic carbocycles. The molecule has 1 aromatic carbocycles. The van der Waals surface area contributed by atoms with Crippen molar-refractivity contribution < 1.29 is 24.5 Å². The number of aryl methyl sites for hydroxylation is 1. The Labute approximate surface area is 123 Å². The lowest BCUT2D eigenvalue weighted by atomic mass is 9.96. The van der Waals surface area contributed by atoms with Gasteiger partial charge in [0.25, 0.3) is 0 Å². The van der Waals surface area contributed by atoms with Gasteiger partial charge in [-0.05, 0) is 36.6 Å². The molecule has 116 valence electrons. The third kappa shape index (κ3) is 4.84. The number of hydrogen-bond donors (Lipinski definition) is 3. The molecule has 0 saturated carbocycles. The highest BCUT2D eigenvalue weighted by Crippen LogP contribution is 2.24. The lowest BCUT2D eigenvalue weighted by Gasteiger charge is -2.20. The maximum absolute atomic E-state index is 11.5. The molecule has 1 amide bonds. The Bertz CT molecular complexity index is 515. The van der Waals surface area contributed by atoms with Crippen LogP contribution in [-0.2, 0) is 9.53 Å². The van der Waals surface area contributed by atoms with Crippen molar-refractivity contribution in [3.05, 3.63) is 34.9 Å². The van der Waals surface area contributed by atoms with Crippen molar-refractivity contribution in [2.24, 2.45) is 0 Å². The summed E-state index contributed by atoms with van der Waals surface area (Å²) in [6.07, 6.45) is -1.96. The van der Waals surface area contributed by atoms with E-state index in [2.05, 4.69) is 10.1 Å². The quantitative estimate of drug-likeness (QED) is 0.671. The number of benzene rings is 1. The number of carbonyl (C=O) groups excluding carboxylic acids is 2. The number of aliphatic hydroxyl groups is 2. The smallest absolute Gasteiger partial charge is 0.337 e. The predicted octanol–water partition coefficient (Wildman–Crippen LogP) is 0.702. The monoisotopic (exact) mass is 295 g/mol. The largest absolute Gasteiger partial charge is 0.465 e. The van der Waals surface area contributed by atoms with E-state index in [1.165, 1.54) is 20.1 Å². The van der Waals surface area contributed by atoms with Crippen LogP contribution in [-0.4, -0.2) is 41.8 Å². The van der Waals surface area contributed by atoms with Gasteiger partial charge in [0.1, 0.15) is 6.10 Å². The highest BCUT2D eigenvalue weighted by atomic mass is 16.5. The minimum Gasteiger partial charge on any atom is -0.465 e. The molecule has 6 heteroatoms. The van der Waals surface area contributed by atoms with E-state index in [1.54, 1.807) is 19.1 Å². The number of hydrogen-bond acceptors (Lipinski definition) is 5. The topological polar surface area (TPSA) is 95.9 Å². The van der Waals surface area contributed by atoms with Crippen LogP contribution in [0.5, 0.6) is 0 Å². The van der Waals surface area contributed by atoms with E-state index < -0.39 is 18.2 Å². The van der Waals surface area contributed by atoms with Crippen LogP contribution in [0.25, 0.3) is 0 Å². The minimum absolute atomic E-state index is 0.194. The van der Waals surface area contributed by atoms with Crippen molar-refractivity contribution >= 4 is 11.9 Å². The van der Waals surface area contributed by atoms with Crippen LogP contribution in [0.2, 0.25) is 0 Å². The first-order chi connectivity index (χ1) is 9.86. The molecule has 0 heterocycles. The van der Waals surface area contributed by atoms with Gasteiger partial charge < -0.3 is 20.3 Å². The lowest BCUT2D eigenvalue weighted by Crippen LogP contribution is -2.28. The zero-order valence-corrected chi connectivity index (χ0v) is 12.4. The van der Waals surface area contributed by atoms with Crippen LogP contribution >= 0.6 is 0 Å². The standard InChI is InChI=1S/C15H21NO5/c1-9-4-5-11(15(20)21-3)8-12(9)14(19)13(18)6-7-16-10(2)17/h4-5,8,13-14,18-19H,6-7H2,1-3H3,(H,16,17). The number of amides is 1. The summed E-state index contributed by atoms with van der Waals surface area (Å²) in [5, 5.41) is 22.7. The van der Waals surface area contributed by atoms with E-state index in [1.807, 2.05) is 0 Å². The summed E-state index contributed by atoms with van der Waals surface area (Å²) in [5.41, 5.74) is 1.54. The summed E-state index contributed by atoms with van der Waals surface area (Å²) in [5.74, 6) is -0.697. The summed E-state index contributed by atoms with van der Waals surface area (Å²) < 4.78 is 4.63. The van der Waals surface area contributed by atoms with Crippen LogP contribution in [0.1, 0.15) is 40.9 Å². The normalized spacial score (nSPS) is 13.4. The predicted molar refractivity (Wildman–Crippen MR) is 76.8 cm³/mol. The molecule has 0 aliphatic heterocycles. The number of nitrogens with one attached hydrogen (secondary N) is 1. The zero-order valence-electron chi connectivity index (χ0n) is 12.4. The number of methoxy groups -OCH3 is 1. The summed E-state index contributed by atoms with van der Waals surface area (Å²) in [7, 11) is 1.28. The van der Waals surface area contributed by atoms with Crippen molar-refractivity contribution in [2.45, 2.75) is 32.5 Å². The van der Waals surface area contributed by atoms with Gasteiger partial charge in [0.2, 0.25) is 5.91 Å². The summed E-state index contributed by atoms with van der Waals surface area (Å²) in [6.45, 7) is 3.43. The van der Waals surface area contributed by atoms with Crippen LogP contribution in [0.3, 0.4) is 0 Å². The molecule has 0 fully saturated rings. The van der Waals surface area contributed by atoms with Crippen LogP contribution in [0, 0.1) is 6.92 Å². The molecule has 0 radical (unpaired) electrons. The third-order valence-corrected chi connectivity index (χ3v) is 3.20. The fraction of sp³-hybridized carbons (Fsp3) is 0.467. The highest BCUT2D eigenvalue weighted by Gasteiger charge is 2.21. The fourth-order valence-corrected chi connectivity index (χ4v) is 1.97. The van der Waals surface area contributed by atoms with E-state index in [4.69, 9.17) is 0 Å². The first-order valence-corrected chi connectivity index (χ1v) is 6.66. The van der Waals surface area contributed by atoms with E-state index in [9.17, 15) is 19.8 Å². The molecule has 21 heavy (non-hydrogen) atoms. The second-order valence-corrected chi connectivity index (χ2v) is 4.85. The first-order valence-electron chi connectivity index (χ1n) is 6.66. The van der Waals surface area contributed by atoms with Gasteiger partial charge in [-0.1, -0.05) is 6.07 Å². The summed E-state index contributed by atoms with van der Waals surface area (Å²) in [6, 6.07) is 4.79. The van der Waals surface area contributed by atoms with Gasteiger partial charge in [-0.15, -0.1) is 0 Å². The van der Waals surface area contributed by atoms with Crippen LogP contribution in [0.4, 0.5) is 0 Å². The molecule has 1 aromatic rings. The van der Waals surface area contributed by atoms with Gasteiger partial charge in [-0.2, -0.15) is 0 Å². The molecule has 0 saturated heterocycles. The zero-order chi connectivity index (χ0) is 16.0. The van der Waals surface area contributed by atoms with Gasteiger partial charge in [0, 0.05) is 13.5 Å². The number of ether oxygens (including phenoxy) is 1. The highest BCUT2D eigenvalue weighted by molar-refractivity contribution is 5.89. The number of esters is 1. The van der Waals surface area contributed by atoms with Gasteiger partial charge in [0.05, 0.1) is 18.8 Å². The molecule has 3 N–H and O–H groups in total. The van der Waals surface area contributed by atoms with Gasteiger partial charge in [0.15, 0.2) is 0 Å². The third-order valence-electron chi connectivity index (χ3n) is 3.20. The number of rotatable bonds is 6. The van der Waals surface area contributed by atoms with Crippen molar-refractivity contribution in [2.75, 3.05) is 13.7 Å². The molecule has 2 atom stereocenters. The maximum atomic E-state index is 11.5. The Morgan fingerprint density at radius 2 is 2.00 bits per heavy atom. The average molecular weight is 295 g/mol. The number of aliphatic hydroxyl groups excluding tert-OH is 2. The minimum atomic E-state index is -1.14. The first kappa shape index (κ1) is 17.1. The van der Waals surface area contributed by atoms with Crippen LogP contribution in [0.15, 0.2) is 18.2 Å². The van der Waals surface area contributed by atoms with E-state index >= 15 is 0 Å². The molecule has 0 aromatic heterocycles. The van der Waals surface area contributed by atoms with Gasteiger partial charge in [-0.25, -0.2) is 4.79 Å². The Morgan fingerprint density at radius 1 is 1.33 bits per heavy atom. The maximum Gasteiger partial charge on any atom is 0.337 e. The molecule has 0 bridgehead atoms. The van der Waals surface area contributed by atoms with Crippen molar-refractivity contribution in [1.29, 1.82) is 0 Å². The van der Waals surface area contributed by atoms with Crippen molar-refractivity contribution in [3.8, 4) is 0 Å². The molecule has 1 rings (SSSR count). The van der Waals surface area contributed by atoms with E-state index in [0.29, 0.717) is 11.1 Å². The lowest BCUT2D eigenvalue weighted by molar-refractivity contribution is -0.119. The summed E-state index contributed by atoms with van der Waals surface area (Å²) in [4.78, 5) is 22.3. The average Bonchev–Trinajstić information content (AvgIpc) is 2.45. The van der Waals surface area contributed by atoms with Crippen molar-refractivity contribution in [3.63, 3.8) is 0 Å².